The molecule has 0 spiro atoms. The molecule has 0 heterocycles. The molecule has 0 aromatic rings. The molecule has 4 aliphatic carbocycles. The molecule has 0 aromatic carbocycles. The molecule has 28 heavy (non-hydrogen) atoms. The van der Waals surface area contributed by atoms with Crippen LogP contribution in [0.15, 0.2) is 5.16 Å². The van der Waals surface area contributed by atoms with E-state index >= 15 is 0 Å². The van der Waals surface area contributed by atoms with Crippen molar-refractivity contribution in [3.05, 3.63) is 0 Å². The van der Waals surface area contributed by atoms with Gasteiger partial charge in [0.1, 0.15) is 11.4 Å². The Balaban J connectivity index is 1.55. The van der Waals surface area contributed by atoms with Crippen LogP contribution in [0.4, 0.5) is 0 Å². The Morgan fingerprint density at radius 2 is 1.89 bits per heavy atom. The van der Waals surface area contributed by atoms with Crippen LogP contribution in [0, 0.1) is 28.6 Å². The highest BCUT2D eigenvalue weighted by molar-refractivity contribution is 5.87. The van der Waals surface area contributed by atoms with E-state index in [1.807, 2.05) is 13.8 Å². The quantitative estimate of drug-likeness (QED) is 0.717. The van der Waals surface area contributed by atoms with Gasteiger partial charge in [0, 0.05) is 30.2 Å². The molecular formula is C23H38N2O3. The van der Waals surface area contributed by atoms with Crippen LogP contribution in [0.1, 0.15) is 85.5 Å². The molecule has 5 heteroatoms. The average molecular weight is 391 g/mol. The Morgan fingerprint density at radius 1 is 1.14 bits per heavy atom. The van der Waals surface area contributed by atoms with Gasteiger partial charge in [-0.15, -0.1) is 0 Å². The van der Waals surface area contributed by atoms with E-state index < -0.39 is 11.2 Å². The summed E-state index contributed by atoms with van der Waals surface area (Å²) in [7, 11) is 0. The van der Waals surface area contributed by atoms with E-state index in [0.29, 0.717) is 36.5 Å². The highest BCUT2D eigenvalue weighted by Crippen LogP contribution is 2.66. The minimum Gasteiger partial charge on any atom is -0.389 e. The third-order valence-corrected chi connectivity index (χ3v) is 9.26. The second kappa shape index (κ2) is 6.53. The van der Waals surface area contributed by atoms with Gasteiger partial charge in [0.15, 0.2) is 0 Å². The van der Waals surface area contributed by atoms with Crippen molar-refractivity contribution in [2.75, 3.05) is 6.54 Å². The molecule has 0 aromatic heterocycles. The summed E-state index contributed by atoms with van der Waals surface area (Å²) in [5, 5.41) is 16.2. The van der Waals surface area contributed by atoms with E-state index in [2.05, 4.69) is 19.0 Å². The van der Waals surface area contributed by atoms with Gasteiger partial charge in [-0.05, 0) is 76.5 Å². The maximum Gasteiger partial charge on any atom is 0.144 e. The average Bonchev–Trinajstić information content (AvgIpc) is 2.96. The zero-order valence-corrected chi connectivity index (χ0v) is 18.1. The third-order valence-electron chi connectivity index (χ3n) is 9.26. The number of nitrogens with zero attached hydrogens (tertiary/aromatic N) is 1. The summed E-state index contributed by atoms with van der Waals surface area (Å²) in [5.41, 5.74) is 5.33. The number of hydrogen-bond acceptors (Lipinski definition) is 5. The normalized spacial score (nSPS) is 47.4. The minimum atomic E-state index is -0.710. The lowest BCUT2D eigenvalue weighted by atomic mass is 9.43. The number of Topliss-reactive ketones (excluding diaryl/α,β-unsaturated/α-hetero) is 1. The van der Waals surface area contributed by atoms with Crippen LogP contribution < -0.4 is 5.73 Å². The summed E-state index contributed by atoms with van der Waals surface area (Å²) >= 11 is 0. The number of fused-ring (bicyclic) bond motifs is 5. The molecule has 0 saturated heterocycles. The lowest BCUT2D eigenvalue weighted by molar-refractivity contribution is -0.189. The molecule has 4 rings (SSSR count). The van der Waals surface area contributed by atoms with E-state index in [1.54, 1.807) is 0 Å². The zero-order valence-electron chi connectivity index (χ0n) is 18.1. The first-order valence-electron chi connectivity index (χ1n) is 11.2. The third kappa shape index (κ3) is 2.87. The van der Waals surface area contributed by atoms with Crippen LogP contribution in [0.25, 0.3) is 0 Å². The number of ketones is 1. The minimum absolute atomic E-state index is 0.0920. The van der Waals surface area contributed by atoms with Gasteiger partial charge < -0.3 is 15.7 Å². The van der Waals surface area contributed by atoms with Crippen molar-refractivity contribution in [3.63, 3.8) is 0 Å². The SMILES string of the molecule is CC(C)(CN)ON=C1CC[C@]2(C)[C@H]3CC[C@]4(C)C(=O)CC[C@H]4[C@@H]3CC[C@@]2(O)C1. The van der Waals surface area contributed by atoms with Gasteiger partial charge in [-0.25, -0.2) is 0 Å². The molecule has 0 unspecified atom stereocenters. The topological polar surface area (TPSA) is 84.9 Å². The molecule has 5 nitrogen and oxygen atoms in total. The van der Waals surface area contributed by atoms with E-state index in [-0.39, 0.29) is 10.8 Å². The number of oxime groups is 1. The van der Waals surface area contributed by atoms with Crippen molar-refractivity contribution < 1.29 is 14.7 Å². The Kier molecular flexibility index (Phi) is 4.74. The first-order chi connectivity index (χ1) is 13.0. The van der Waals surface area contributed by atoms with Crippen LogP contribution in [0.3, 0.4) is 0 Å². The molecule has 0 bridgehead atoms. The smallest absolute Gasteiger partial charge is 0.144 e. The van der Waals surface area contributed by atoms with Gasteiger partial charge in [-0.1, -0.05) is 19.0 Å². The highest BCUT2D eigenvalue weighted by Gasteiger charge is 2.64. The number of rotatable bonds is 3. The molecule has 158 valence electrons. The Labute approximate surface area is 169 Å². The maximum atomic E-state index is 12.6. The van der Waals surface area contributed by atoms with Gasteiger partial charge >= 0.3 is 0 Å². The number of carbonyl (C=O) groups is 1. The van der Waals surface area contributed by atoms with Crippen molar-refractivity contribution in [2.45, 2.75) is 96.7 Å². The molecule has 0 radical (unpaired) electrons. The van der Waals surface area contributed by atoms with Crippen LogP contribution in [-0.2, 0) is 9.63 Å². The van der Waals surface area contributed by atoms with Crippen LogP contribution in [0.2, 0.25) is 0 Å². The van der Waals surface area contributed by atoms with E-state index in [0.717, 1.165) is 57.1 Å². The molecule has 3 N–H and O–H groups in total. The second-order valence-corrected chi connectivity index (χ2v) is 11.2. The molecule has 6 atom stereocenters. The predicted molar refractivity (Wildman–Crippen MR) is 110 cm³/mol. The first kappa shape index (κ1) is 20.3. The number of nitrogens with two attached hydrogens (primary N) is 1. The van der Waals surface area contributed by atoms with E-state index in [4.69, 9.17) is 10.6 Å². The predicted octanol–water partition coefficient (Wildman–Crippen LogP) is 3.82. The monoisotopic (exact) mass is 390 g/mol. The van der Waals surface area contributed by atoms with Crippen LogP contribution >= 0.6 is 0 Å². The highest BCUT2D eigenvalue weighted by atomic mass is 16.6. The fourth-order valence-corrected chi connectivity index (χ4v) is 7.13. The Hall–Kier alpha value is -0.940. The molecular weight excluding hydrogens is 352 g/mol. The fraction of sp³-hybridized carbons (Fsp3) is 0.913. The van der Waals surface area contributed by atoms with Crippen LogP contribution in [0.5, 0.6) is 0 Å². The van der Waals surface area contributed by atoms with Crippen molar-refractivity contribution in [1.29, 1.82) is 0 Å². The first-order valence-corrected chi connectivity index (χ1v) is 11.2. The summed E-state index contributed by atoms with van der Waals surface area (Å²) in [6.07, 6.45) is 8.17. The van der Waals surface area contributed by atoms with Gasteiger partial charge in [0.2, 0.25) is 0 Å². The van der Waals surface area contributed by atoms with Crippen molar-refractivity contribution in [1.82, 2.24) is 0 Å². The fourth-order valence-electron chi connectivity index (χ4n) is 7.13. The summed E-state index contributed by atoms with van der Waals surface area (Å²) in [6.45, 7) is 8.81. The second-order valence-electron chi connectivity index (χ2n) is 11.2. The summed E-state index contributed by atoms with van der Waals surface area (Å²) in [6, 6.07) is 0. The largest absolute Gasteiger partial charge is 0.389 e. The summed E-state index contributed by atoms with van der Waals surface area (Å²) < 4.78 is 0. The van der Waals surface area contributed by atoms with Crippen molar-refractivity contribution in [3.8, 4) is 0 Å². The molecule has 0 aliphatic heterocycles. The standard InChI is InChI=1S/C23H38N2O3/c1-20(2,14-24)28-25-15-7-11-22(4)18-9-10-21(3)17(5-6-19(21)26)16(18)8-12-23(22,27)13-15/h16-18,27H,5-14,24H2,1-4H3/t16-,17-,18-,21-,22+,23+/m0/s1. The van der Waals surface area contributed by atoms with Gasteiger partial charge in [0.05, 0.1) is 11.3 Å². The zero-order chi connectivity index (χ0) is 20.4. The summed E-state index contributed by atoms with van der Waals surface area (Å²) in [5.74, 6) is 2.10. The molecule has 4 saturated carbocycles. The van der Waals surface area contributed by atoms with Crippen LogP contribution in [-0.4, -0.2) is 34.3 Å². The number of carbonyl (C=O) groups excluding carboxylic acids is 1. The van der Waals surface area contributed by atoms with Gasteiger partial charge in [-0.2, -0.15) is 0 Å². The number of hydrogen-bond donors (Lipinski definition) is 2. The van der Waals surface area contributed by atoms with E-state index in [1.165, 1.54) is 0 Å². The number of aliphatic hydroxyl groups is 1. The van der Waals surface area contributed by atoms with Gasteiger partial charge in [-0.3, -0.25) is 4.79 Å². The lowest BCUT2D eigenvalue weighted by Crippen LogP contribution is -2.62. The molecule has 4 fully saturated rings. The lowest BCUT2D eigenvalue weighted by Gasteiger charge is -2.62. The van der Waals surface area contributed by atoms with Crippen molar-refractivity contribution >= 4 is 11.5 Å². The van der Waals surface area contributed by atoms with Gasteiger partial charge in [0.25, 0.3) is 0 Å². The van der Waals surface area contributed by atoms with E-state index in [9.17, 15) is 9.90 Å². The Bertz CT molecular complexity index is 689. The maximum absolute atomic E-state index is 12.6. The Morgan fingerprint density at radius 3 is 2.61 bits per heavy atom. The summed E-state index contributed by atoms with van der Waals surface area (Å²) in [4.78, 5) is 18.2. The van der Waals surface area contributed by atoms with Crippen molar-refractivity contribution in [2.24, 2.45) is 39.5 Å². The molecule has 4 aliphatic rings. The molecule has 0 amide bonds.